The molecule has 8 heteroatoms. The Morgan fingerprint density at radius 2 is 1.84 bits per heavy atom. The van der Waals surface area contributed by atoms with Crippen LogP contribution in [-0.4, -0.2) is 38.7 Å². The van der Waals surface area contributed by atoms with Crippen molar-refractivity contribution in [3.8, 4) is 0 Å². The van der Waals surface area contributed by atoms with Crippen molar-refractivity contribution < 1.29 is 18.0 Å². The molecule has 0 saturated carbocycles. The predicted molar refractivity (Wildman–Crippen MR) is 116 cm³/mol. The lowest BCUT2D eigenvalue weighted by molar-refractivity contribution is -0.124. The van der Waals surface area contributed by atoms with Crippen LogP contribution >= 0.6 is 0 Å². The summed E-state index contributed by atoms with van der Waals surface area (Å²) in [6.45, 7) is 2.33. The molecule has 0 amide bonds. The summed E-state index contributed by atoms with van der Waals surface area (Å²) in [6.07, 6.45) is 4.25. The monoisotopic (exact) mass is 440 g/mol. The Bertz CT molecular complexity index is 1250. The quantitative estimate of drug-likeness (QED) is 0.449. The fraction of sp³-hybridized carbons (Fsp3) is 0.333. The van der Waals surface area contributed by atoms with E-state index in [-0.39, 0.29) is 17.5 Å². The van der Waals surface area contributed by atoms with Crippen molar-refractivity contribution in [2.75, 3.05) is 13.1 Å². The normalized spacial score (nSPS) is 15.7. The van der Waals surface area contributed by atoms with Gasteiger partial charge in [0.1, 0.15) is 17.4 Å². The van der Waals surface area contributed by atoms with Gasteiger partial charge in [0.2, 0.25) is 0 Å². The summed E-state index contributed by atoms with van der Waals surface area (Å²) in [5.74, 6) is -1.35. The number of likely N-dealkylation sites (tertiary alicyclic amines) is 1. The molecule has 2 aromatic heterocycles. The average Bonchev–Trinajstić information content (AvgIpc) is 3.36. The summed E-state index contributed by atoms with van der Waals surface area (Å²) in [7, 11) is 0. The standard InChI is InChI=1S/C24H23F3N4O/c25-16-1-2-20-17(9-16)15(12-28-20)13-31-7-5-14(6-8-31)23(32)3-4-24-29-21-10-18(26)19(27)11-22(21)30-24/h1-2,9-12,14,28H,3-8,13H2,(H,29,30). The molecule has 5 nitrogen and oxygen atoms in total. The summed E-state index contributed by atoms with van der Waals surface area (Å²) < 4.78 is 40.3. The molecule has 0 aliphatic carbocycles. The Labute approximate surface area is 182 Å². The molecule has 0 bridgehead atoms. The average molecular weight is 440 g/mol. The number of hydrogen-bond acceptors (Lipinski definition) is 3. The highest BCUT2D eigenvalue weighted by Crippen LogP contribution is 2.25. The number of fused-ring (bicyclic) bond motifs is 2. The second-order valence-corrected chi connectivity index (χ2v) is 8.49. The van der Waals surface area contributed by atoms with Crippen LogP contribution in [0.4, 0.5) is 13.2 Å². The number of piperidine rings is 1. The number of carbonyl (C=O) groups excluding carboxylic acids is 1. The zero-order valence-corrected chi connectivity index (χ0v) is 17.4. The highest BCUT2D eigenvalue weighted by molar-refractivity contribution is 5.83. The van der Waals surface area contributed by atoms with E-state index in [0.717, 1.165) is 61.1 Å². The minimum Gasteiger partial charge on any atom is -0.361 e. The Morgan fingerprint density at radius 1 is 1.06 bits per heavy atom. The van der Waals surface area contributed by atoms with Gasteiger partial charge in [-0.15, -0.1) is 0 Å². The van der Waals surface area contributed by atoms with Crippen molar-refractivity contribution in [1.29, 1.82) is 0 Å². The van der Waals surface area contributed by atoms with Crippen molar-refractivity contribution in [1.82, 2.24) is 19.9 Å². The second kappa shape index (κ2) is 8.43. The van der Waals surface area contributed by atoms with Crippen LogP contribution < -0.4 is 0 Å². The van der Waals surface area contributed by atoms with Gasteiger partial charge < -0.3 is 9.97 Å². The van der Waals surface area contributed by atoms with Crippen LogP contribution in [0.2, 0.25) is 0 Å². The van der Waals surface area contributed by atoms with Crippen LogP contribution in [0, 0.1) is 23.4 Å². The van der Waals surface area contributed by atoms with E-state index in [4.69, 9.17) is 0 Å². The fourth-order valence-corrected chi connectivity index (χ4v) is 4.56. The Hall–Kier alpha value is -3.13. The molecule has 1 aliphatic heterocycles. The third-order valence-corrected chi connectivity index (χ3v) is 6.35. The van der Waals surface area contributed by atoms with E-state index < -0.39 is 11.6 Å². The van der Waals surface area contributed by atoms with Gasteiger partial charge in [0.05, 0.1) is 11.0 Å². The number of Topliss-reactive ketones (excluding diaryl/α,β-unsaturated/α-hetero) is 1. The highest BCUT2D eigenvalue weighted by atomic mass is 19.2. The van der Waals surface area contributed by atoms with E-state index in [1.165, 1.54) is 6.07 Å². The van der Waals surface area contributed by atoms with Crippen LogP contribution in [0.1, 0.15) is 30.7 Å². The number of H-pyrrole nitrogens is 2. The third-order valence-electron chi connectivity index (χ3n) is 6.35. The zero-order chi connectivity index (χ0) is 22.2. The molecule has 1 aliphatic rings. The number of aromatic amines is 2. The maximum Gasteiger partial charge on any atom is 0.161 e. The van der Waals surface area contributed by atoms with Gasteiger partial charge in [0, 0.05) is 54.5 Å². The molecule has 2 aromatic carbocycles. The molecule has 3 heterocycles. The van der Waals surface area contributed by atoms with E-state index in [1.54, 1.807) is 12.1 Å². The van der Waals surface area contributed by atoms with Crippen LogP contribution in [-0.2, 0) is 17.8 Å². The SMILES string of the molecule is O=C(CCc1nc2cc(F)c(F)cc2[nH]1)C1CCN(Cc2c[nH]c3ccc(F)cc23)CC1. The van der Waals surface area contributed by atoms with Gasteiger partial charge >= 0.3 is 0 Å². The number of ketones is 1. The summed E-state index contributed by atoms with van der Waals surface area (Å²) in [5, 5.41) is 0.897. The van der Waals surface area contributed by atoms with E-state index >= 15 is 0 Å². The minimum absolute atomic E-state index is 0.00549. The van der Waals surface area contributed by atoms with Crippen LogP contribution in [0.25, 0.3) is 21.9 Å². The summed E-state index contributed by atoms with van der Waals surface area (Å²) >= 11 is 0. The number of rotatable bonds is 6. The summed E-state index contributed by atoms with van der Waals surface area (Å²) in [5.41, 5.74) is 2.76. The van der Waals surface area contributed by atoms with Gasteiger partial charge in [-0.1, -0.05) is 0 Å². The molecule has 5 rings (SSSR count). The maximum atomic E-state index is 13.6. The Kier molecular flexibility index (Phi) is 5.46. The number of benzene rings is 2. The summed E-state index contributed by atoms with van der Waals surface area (Å²) in [6, 6.07) is 6.89. The van der Waals surface area contributed by atoms with Gasteiger partial charge in [-0.3, -0.25) is 9.69 Å². The van der Waals surface area contributed by atoms with Gasteiger partial charge in [0.15, 0.2) is 11.6 Å². The third kappa shape index (κ3) is 4.14. The smallest absolute Gasteiger partial charge is 0.161 e. The first-order valence-electron chi connectivity index (χ1n) is 10.8. The molecule has 0 unspecified atom stereocenters. The second-order valence-electron chi connectivity index (χ2n) is 8.49. The number of aromatic nitrogens is 3. The fourth-order valence-electron chi connectivity index (χ4n) is 4.56. The molecular formula is C24H23F3N4O. The van der Waals surface area contributed by atoms with Crippen LogP contribution in [0.15, 0.2) is 36.5 Å². The van der Waals surface area contributed by atoms with Crippen LogP contribution in [0.5, 0.6) is 0 Å². The lowest BCUT2D eigenvalue weighted by Crippen LogP contribution is -2.36. The zero-order valence-electron chi connectivity index (χ0n) is 17.4. The molecule has 0 atom stereocenters. The van der Waals surface area contributed by atoms with Crippen molar-refractivity contribution in [3.05, 3.63) is 65.4 Å². The Morgan fingerprint density at radius 3 is 2.66 bits per heavy atom. The Balaban J connectivity index is 1.15. The van der Waals surface area contributed by atoms with E-state index in [9.17, 15) is 18.0 Å². The lowest BCUT2D eigenvalue weighted by atomic mass is 9.90. The van der Waals surface area contributed by atoms with E-state index in [0.29, 0.717) is 29.7 Å². The molecule has 4 aromatic rings. The number of nitrogens with zero attached hydrogens (tertiary/aromatic N) is 2. The van der Waals surface area contributed by atoms with Crippen LogP contribution in [0.3, 0.4) is 0 Å². The number of carbonyl (C=O) groups is 1. The van der Waals surface area contributed by atoms with Gasteiger partial charge in [0.25, 0.3) is 0 Å². The van der Waals surface area contributed by atoms with Gasteiger partial charge in [-0.2, -0.15) is 0 Å². The number of nitrogens with one attached hydrogen (secondary N) is 2. The predicted octanol–water partition coefficient (Wildman–Crippen LogP) is 4.88. The van der Waals surface area contributed by atoms with E-state index in [1.807, 2.05) is 6.20 Å². The van der Waals surface area contributed by atoms with Crippen molar-refractivity contribution >= 4 is 27.7 Å². The molecule has 1 saturated heterocycles. The number of hydrogen-bond donors (Lipinski definition) is 2. The van der Waals surface area contributed by atoms with Crippen molar-refractivity contribution in [3.63, 3.8) is 0 Å². The first-order valence-corrected chi connectivity index (χ1v) is 10.8. The molecule has 166 valence electrons. The molecule has 2 N–H and O–H groups in total. The molecule has 1 fully saturated rings. The van der Waals surface area contributed by atoms with Crippen molar-refractivity contribution in [2.45, 2.75) is 32.2 Å². The number of aryl methyl sites for hydroxylation is 1. The topological polar surface area (TPSA) is 64.8 Å². The van der Waals surface area contributed by atoms with Crippen molar-refractivity contribution in [2.24, 2.45) is 5.92 Å². The van der Waals surface area contributed by atoms with Gasteiger partial charge in [-0.25, -0.2) is 18.2 Å². The largest absolute Gasteiger partial charge is 0.361 e. The molecule has 0 spiro atoms. The number of halogens is 3. The first-order chi connectivity index (χ1) is 15.5. The highest BCUT2D eigenvalue weighted by Gasteiger charge is 2.25. The minimum atomic E-state index is -0.934. The molecule has 0 radical (unpaired) electrons. The first kappa shape index (κ1) is 20.8. The summed E-state index contributed by atoms with van der Waals surface area (Å²) in [4.78, 5) is 25.4. The number of imidazole rings is 1. The lowest BCUT2D eigenvalue weighted by Gasteiger charge is -2.31. The van der Waals surface area contributed by atoms with E-state index in [2.05, 4.69) is 19.9 Å². The maximum absolute atomic E-state index is 13.6. The molecular weight excluding hydrogens is 417 g/mol. The molecule has 32 heavy (non-hydrogen) atoms. The van der Waals surface area contributed by atoms with Gasteiger partial charge in [-0.05, 0) is 49.7 Å².